The lowest BCUT2D eigenvalue weighted by molar-refractivity contribution is -0.129. The van der Waals surface area contributed by atoms with Crippen molar-refractivity contribution in [2.45, 2.75) is 95.9 Å². The van der Waals surface area contributed by atoms with Crippen LogP contribution in [0.25, 0.3) is 11.1 Å². The Kier molecular flexibility index (Phi) is 9.60. The van der Waals surface area contributed by atoms with Gasteiger partial charge in [0.25, 0.3) is 6.43 Å². The number of aromatic carboxylic acids is 1. The van der Waals surface area contributed by atoms with E-state index in [2.05, 4.69) is 29.5 Å². The van der Waals surface area contributed by atoms with E-state index in [9.17, 15) is 18.4 Å². The van der Waals surface area contributed by atoms with Gasteiger partial charge in [0.1, 0.15) is 6.10 Å². The molecule has 4 aliphatic rings. The number of piperidine rings is 1. The fourth-order valence-electron chi connectivity index (χ4n) is 8.74. The third kappa shape index (κ3) is 6.98. The number of alkyl halides is 2. The summed E-state index contributed by atoms with van der Waals surface area (Å²) in [4.78, 5) is 38.4. The number of nitrogens with zero attached hydrogens (tertiary/aromatic N) is 9. The van der Waals surface area contributed by atoms with Gasteiger partial charge in [0, 0.05) is 99.3 Å². The van der Waals surface area contributed by atoms with Gasteiger partial charge in [0.15, 0.2) is 5.82 Å². The highest BCUT2D eigenvalue weighted by molar-refractivity contribution is 5.86. The maximum absolute atomic E-state index is 14.6. The van der Waals surface area contributed by atoms with Gasteiger partial charge < -0.3 is 24.5 Å². The Balaban J connectivity index is 0.996. The van der Waals surface area contributed by atoms with Crippen LogP contribution >= 0.6 is 0 Å². The molecule has 1 N–H and O–H groups in total. The maximum Gasteiger partial charge on any atom is 0.338 e. The lowest BCUT2D eigenvalue weighted by Gasteiger charge is -2.41. The fraction of sp³-hybridized carbons (Fsp3) is 0.526. The van der Waals surface area contributed by atoms with E-state index in [4.69, 9.17) is 14.9 Å². The number of amides is 1. The average Bonchev–Trinajstić information content (AvgIpc) is 3.78. The highest BCUT2D eigenvalue weighted by Gasteiger charge is 2.36. The lowest BCUT2D eigenvalue weighted by atomic mass is 9.90. The summed E-state index contributed by atoms with van der Waals surface area (Å²) in [5.74, 6) is -0.266. The number of hydrogen-bond donors (Lipinski definition) is 1. The minimum Gasteiger partial charge on any atom is -0.478 e. The van der Waals surface area contributed by atoms with Crippen molar-refractivity contribution < 1.29 is 28.2 Å². The number of carboxylic acid groups (broad SMARTS) is 1. The summed E-state index contributed by atoms with van der Waals surface area (Å²) in [7, 11) is 1.78. The van der Waals surface area contributed by atoms with Gasteiger partial charge in [-0.15, -0.1) is 0 Å². The molecule has 8 rings (SSSR count). The Morgan fingerprint density at radius 2 is 1.70 bits per heavy atom. The summed E-state index contributed by atoms with van der Waals surface area (Å²) in [6, 6.07) is 4.44. The summed E-state index contributed by atoms with van der Waals surface area (Å²) in [6.07, 6.45) is 11.3. The molecule has 4 aromatic rings. The van der Waals surface area contributed by atoms with E-state index in [1.807, 2.05) is 11.0 Å². The van der Waals surface area contributed by atoms with E-state index >= 15 is 0 Å². The van der Waals surface area contributed by atoms with Gasteiger partial charge in [-0.25, -0.2) is 23.5 Å². The van der Waals surface area contributed by atoms with Crippen LogP contribution in [-0.2, 0) is 31.2 Å². The molecular formula is C38H45F2N9O4. The van der Waals surface area contributed by atoms with Crippen LogP contribution in [0.5, 0.6) is 6.01 Å². The molecule has 1 amide bonds. The molecule has 13 nitrogen and oxygen atoms in total. The van der Waals surface area contributed by atoms with Gasteiger partial charge in [-0.1, -0.05) is 0 Å². The zero-order valence-electron chi connectivity index (χ0n) is 30.1. The number of anilines is 2. The number of aromatic nitrogens is 6. The number of halogens is 2. The molecule has 2 fully saturated rings. The quantitative estimate of drug-likeness (QED) is 0.240. The summed E-state index contributed by atoms with van der Waals surface area (Å²) < 4.78 is 39.1. The van der Waals surface area contributed by atoms with Gasteiger partial charge in [0.05, 0.1) is 24.3 Å². The number of fused-ring (bicyclic) bond motifs is 2. The average molecular weight is 730 g/mol. The normalized spacial score (nSPS) is 21.1. The number of hydrogen-bond acceptors (Lipinski definition) is 9. The van der Waals surface area contributed by atoms with Crippen molar-refractivity contribution in [3.8, 4) is 17.1 Å². The van der Waals surface area contributed by atoms with Crippen molar-refractivity contribution in [1.82, 2.24) is 39.3 Å². The predicted molar refractivity (Wildman–Crippen MR) is 191 cm³/mol. The molecule has 280 valence electrons. The van der Waals surface area contributed by atoms with Crippen molar-refractivity contribution in [3.05, 3.63) is 64.9 Å². The SMILES string of the molecule is CC(=O)N1CCc2c(c(N3CCCc4cc(-c5cnn(C)c5)c(C(F)F)cc43)nn2C2CCN(C3CCC(Oc4ncc(C(=O)O)cn4)CC3)CC2)C1. The minimum absolute atomic E-state index is 0.00155. The number of benzene rings is 1. The Morgan fingerprint density at radius 3 is 2.36 bits per heavy atom. The number of carbonyl (C=O) groups is 2. The molecule has 15 heteroatoms. The van der Waals surface area contributed by atoms with Gasteiger partial charge in [-0.05, 0) is 74.6 Å². The molecule has 1 aliphatic carbocycles. The second kappa shape index (κ2) is 14.5. The maximum atomic E-state index is 14.6. The number of likely N-dealkylation sites (tertiary alicyclic amines) is 1. The molecule has 0 atom stereocenters. The molecule has 3 aromatic heterocycles. The van der Waals surface area contributed by atoms with Crippen LogP contribution < -0.4 is 9.64 Å². The monoisotopic (exact) mass is 729 g/mol. The van der Waals surface area contributed by atoms with Gasteiger partial charge in [-0.3, -0.25) is 14.2 Å². The van der Waals surface area contributed by atoms with Gasteiger partial charge >= 0.3 is 12.0 Å². The molecule has 0 radical (unpaired) electrons. The smallest absolute Gasteiger partial charge is 0.338 e. The van der Waals surface area contributed by atoms with Crippen LogP contribution in [0.3, 0.4) is 0 Å². The largest absolute Gasteiger partial charge is 0.478 e. The van der Waals surface area contributed by atoms with E-state index < -0.39 is 12.4 Å². The molecule has 3 aliphatic heterocycles. The highest BCUT2D eigenvalue weighted by atomic mass is 19.3. The Morgan fingerprint density at radius 1 is 0.943 bits per heavy atom. The fourth-order valence-corrected chi connectivity index (χ4v) is 8.74. The minimum atomic E-state index is -2.65. The summed E-state index contributed by atoms with van der Waals surface area (Å²) in [5, 5.41) is 18.6. The molecule has 0 unspecified atom stereocenters. The van der Waals surface area contributed by atoms with Crippen molar-refractivity contribution >= 4 is 23.4 Å². The van der Waals surface area contributed by atoms with Crippen molar-refractivity contribution in [3.63, 3.8) is 0 Å². The summed E-state index contributed by atoms with van der Waals surface area (Å²) in [5.41, 5.74) is 5.16. The first kappa shape index (κ1) is 35.1. The third-order valence-electron chi connectivity index (χ3n) is 11.5. The third-order valence-corrected chi connectivity index (χ3v) is 11.5. The van der Waals surface area contributed by atoms with Crippen LogP contribution in [0.2, 0.25) is 0 Å². The second-order valence-corrected chi connectivity index (χ2v) is 14.8. The van der Waals surface area contributed by atoms with Crippen molar-refractivity contribution in [1.29, 1.82) is 0 Å². The second-order valence-electron chi connectivity index (χ2n) is 14.8. The molecule has 53 heavy (non-hydrogen) atoms. The molecule has 1 saturated carbocycles. The van der Waals surface area contributed by atoms with Gasteiger partial charge in [0.2, 0.25) is 5.91 Å². The first-order valence-electron chi connectivity index (χ1n) is 18.7. The van der Waals surface area contributed by atoms with Crippen molar-refractivity contribution in [2.75, 3.05) is 31.1 Å². The Bertz CT molecular complexity index is 1980. The molecule has 6 heterocycles. The van der Waals surface area contributed by atoms with Crippen LogP contribution in [0.4, 0.5) is 20.3 Å². The molecular weight excluding hydrogens is 684 g/mol. The number of carboxylic acids is 1. The predicted octanol–water partition coefficient (Wildman–Crippen LogP) is 5.73. The van der Waals surface area contributed by atoms with E-state index in [0.717, 1.165) is 92.8 Å². The topological polar surface area (TPSA) is 135 Å². The van der Waals surface area contributed by atoms with Crippen LogP contribution in [-0.4, -0.2) is 94.6 Å². The number of aryl methyl sites for hydroxylation is 2. The zero-order chi connectivity index (χ0) is 36.8. The number of rotatable bonds is 8. The van der Waals surface area contributed by atoms with E-state index in [-0.39, 0.29) is 35.2 Å². The standard InChI is InChI=1S/C38H45F2N9O4/c1-23(50)47-15-11-33-32(22-47)36(48-12-3-4-24-16-30(26-20-43-45(2)21-26)31(35(39)40)17-34(24)48)44-49(33)28-9-13-46(14-10-28)27-5-7-29(8-6-27)53-38-41-18-25(19-42-38)37(51)52/h16-21,27-29,35H,3-15,22H2,1-2H3,(H,51,52). The summed E-state index contributed by atoms with van der Waals surface area (Å²) in [6.45, 7) is 5.25. The Labute approximate surface area is 306 Å². The van der Waals surface area contributed by atoms with Crippen LogP contribution in [0, 0.1) is 0 Å². The first-order chi connectivity index (χ1) is 25.6. The highest BCUT2D eigenvalue weighted by Crippen LogP contribution is 2.44. The van der Waals surface area contributed by atoms with E-state index in [1.165, 1.54) is 12.4 Å². The Hall–Kier alpha value is -4.92. The molecule has 0 bridgehead atoms. The zero-order valence-corrected chi connectivity index (χ0v) is 30.1. The first-order valence-corrected chi connectivity index (χ1v) is 18.7. The molecule has 0 spiro atoms. The van der Waals surface area contributed by atoms with Gasteiger partial charge in [-0.2, -0.15) is 10.2 Å². The lowest BCUT2D eigenvalue weighted by Crippen LogP contribution is -2.45. The molecule has 1 aromatic carbocycles. The number of ether oxygens (including phenoxy) is 1. The summed E-state index contributed by atoms with van der Waals surface area (Å²) >= 11 is 0. The van der Waals surface area contributed by atoms with E-state index in [1.54, 1.807) is 37.1 Å². The van der Waals surface area contributed by atoms with E-state index in [0.29, 0.717) is 43.2 Å². The van der Waals surface area contributed by atoms with Crippen LogP contribution in [0.1, 0.15) is 97.1 Å². The molecule has 1 saturated heterocycles. The number of carbonyl (C=O) groups excluding carboxylic acids is 1. The van der Waals surface area contributed by atoms with Crippen LogP contribution in [0.15, 0.2) is 36.9 Å². The van der Waals surface area contributed by atoms with Crippen molar-refractivity contribution in [2.24, 2.45) is 7.05 Å².